The number of ether oxygens (including phenoxy) is 2. The van der Waals surface area contributed by atoms with Gasteiger partial charge in [-0.1, -0.05) is 47.7 Å². The van der Waals surface area contributed by atoms with Gasteiger partial charge in [-0.2, -0.15) is 0 Å². The molecule has 7 nitrogen and oxygen atoms in total. The van der Waals surface area contributed by atoms with Gasteiger partial charge in [0.05, 0.1) is 20.0 Å². The van der Waals surface area contributed by atoms with Crippen molar-refractivity contribution in [2.75, 3.05) is 25.3 Å². The molecule has 156 valence electrons. The van der Waals surface area contributed by atoms with E-state index in [1.54, 1.807) is 38.5 Å². The fourth-order valence-electron chi connectivity index (χ4n) is 2.85. The minimum absolute atomic E-state index is 0.155. The standard InChI is InChI=1S/C22H24N4O3S/c1-5-12-26-21(16-8-6-15(2)7-9-16)24-25-22(26)30-14-20(27)23-17-10-11-18(28-3)19(13-17)29-4/h5-11,13H,1,12,14H2,2-4H3,(H,23,27). The van der Waals surface area contributed by atoms with Crippen LogP contribution in [0.2, 0.25) is 0 Å². The smallest absolute Gasteiger partial charge is 0.234 e. The number of allylic oxidation sites excluding steroid dienone is 1. The molecular weight excluding hydrogens is 400 g/mol. The van der Waals surface area contributed by atoms with E-state index < -0.39 is 0 Å². The first-order valence-electron chi connectivity index (χ1n) is 9.31. The first-order valence-corrected chi connectivity index (χ1v) is 10.3. The minimum atomic E-state index is -0.155. The normalized spacial score (nSPS) is 10.5. The second-order valence-corrected chi connectivity index (χ2v) is 7.42. The van der Waals surface area contributed by atoms with Crippen molar-refractivity contribution in [3.05, 3.63) is 60.7 Å². The van der Waals surface area contributed by atoms with Gasteiger partial charge < -0.3 is 14.8 Å². The number of thioether (sulfide) groups is 1. The van der Waals surface area contributed by atoms with E-state index in [0.29, 0.717) is 28.9 Å². The summed E-state index contributed by atoms with van der Waals surface area (Å²) < 4.78 is 12.4. The number of nitrogens with one attached hydrogen (secondary N) is 1. The van der Waals surface area contributed by atoms with Crippen molar-refractivity contribution in [2.24, 2.45) is 0 Å². The van der Waals surface area contributed by atoms with E-state index >= 15 is 0 Å². The molecule has 0 unspecified atom stereocenters. The van der Waals surface area contributed by atoms with Crippen LogP contribution < -0.4 is 14.8 Å². The summed E-state index contributed by atoms with van der Waals surface area (Å²) in [5.74, 6) is 1.94. The van der Waals surface area contributed by atoms with Gasteiger partial charge in [0.25, 0.3) is 0 Å². The molecule has 1 aromatic heterocycles. The minimum Gasteiger partial charge on any atom is -0.493 e. The van der Waals surface area contributed by atoms with Crippen molar-refractivity contribution < 1.29 is 14.3 Å². The molecule has 0 aliphatic heterocycles. The number of carbonyl (C=O) groups is 1. The number of rotatable bonds is 9. The lowest BCUT2D eigenvalue weighted by atomic mass is 10.1. The molecule has 0 saturated carbocycles. The van der Waals surface area contributed by atoms with Crippen LogP contribution in [-0.4, -0.2) is 40.6 Å². The number of hydrogen-bond acceptors (Lipinski definition) is 6. The van der Waals surface area contributed by atoms with Gasteiger partial charge >= 0.3 is 0 Å². The van der Waals surface area contributed by atoms with E-state index in [0.717, 1.165) is 11.4 Å². The molecule has 0 saturated heterocycles. The van der Waals surface area contributed by atoms with Gasteiger partial charge in [0.1, 0.15) is 0 Å². The average Bonchev–Trinajstić information content (AvgIpc) is 3.15. The number of hydrogen-bond donors (Lipinski definition) is 1. The molecule has 0 spiro atoms. The number of aryl methyl sites for hydroxylation is 1. The Labute approximate surface area is 180 Å². The monoisotopic (exact) mass is 424 g/mol. The van der Waals surface area contributed by atoms with Crippen molar-refractivity contribution in [2.45, 2.75) is 18.6 Å². The number of methoxy groups -OCH3 is 2. The molecule has 3 rings (SSSR count). The third-order valence-corrected chi connectivity index (χ3v) is 5.30. The first kappa shape index (κ1) is 21.4. The zero-order chi connectivity index (χ0) is 21.5. The average molecular weight is 425 g/mol. The van der Waals surface area contributed by atoms with Crippen molar-refractivity contribution in [3.8, 4) is 22.9 Å². The van der Waals surface area contributed by atoms with E-state index in [1.807, 2.05) is 35.8 Å². The Hall–Kier alpha value is -3.26. The fourth-order valence-corrected chi connectivity index (χ4v) is 3.59. The Morgan fingerprint density at radius 1 is 1.13 bits per heavy atom. The maximum Gasteiger partial charge on any atom is 0.234 e. The van der Waals surface area contributed by atoms with Gasteiger partial charge in [-0.3, -0.25) is 9.36 Å². The van der Waals surface area contributed by atoms with E-state index in [9.17, 15) is 4.79 Å². The molecule has 8 heteroatoms. The van der Waals surface area contributed by atoms with Crippen molar-refractivity contribution in [1.29, 1.82) is 0 Å². The summed E-state index contributed by atoms with van der Waals surface area (Å²) in [7, 11) is 3.12. The summed E-state index contributed by atoms with van der Waals surface area (Å²) in [6, 6.07) is 13.3. The molecule has 0 fully saturated rings. The van der Waals surface area contributed by atoms with Gasteiger partial charge in [0, 0.05) is 23.9 Å². The van der Waals surface area contributed by atoms with Crippen LogP contribution in [0.4, 0.5) is 5.69 Å². The molecule has 1 amide bonds. The van der Waals surface area contributed by atoms with Gasteiger partial charge in [-0.25, -0.2) is 0 Å². The molecule has 1 heterocycles. The van der Waals surface area contributed by atoms with Crippen LogP contribution in [0.5, 0.6) is 11.5 Å². The Bertz CT molecular complexity index is 1030. The number of aromatic nitrogens is 3. The lowest BCUT2D eigenvalue weighted by Crippen LogP contribution is -2.14. The maximum absolute atomic E-state index is 12.4. The van der Waals surface area contributed by atoms with Crippen LogP contribution in [0.1, 0.15) is 5.56 Å². The molecule has 30 heavy (non-hydrogen) atoms. The quantitative estimate of drug-likeness (QED) is 0.410. The summed E-state index contributed by atoms with van der Waals surface area (Å²) in [4.78, 5) is 12.4. The Kier molecular flexibility index (Phi) is 7.13. The molecule has 0 atom stereocenters. The van der Waals surface area contributed by atoms with Crippen LogP contribution >= 0.6 is 11.8 Å². The van der Waals surface area contributed by atoms with Crippen molar-refractivity contribution in [3.63, 3.8) is 0 Å². The summed E-state index contributed by atoms with van der Waals surface area (Å²) in [6.07, 6.45) is 1.79. The summed E-state index contributed by atoms with van der Waals surface area (Å²) in [6.45, 7) is 6.41. The Morgan fingerprint density at radius 3 is 2.53 bits per heavy atom. The van der Waals surface area contributed by atoms with Crippen LogP contribution in [-0.2, 0) is 11.3 Å². The van der Waals surface area contributed by atoms with Gasteiger partial charge in [-0.15, -0.1) is 16.8 Å². The Balaban J connectivity index is 1.70. The fraction of sp³-hybridized carbons (Fsp3) is 0.227. The molecule has 0 aliphatic rings. The summed E-state index contributed by atoms with van der Waals surface area (Å²) in [5.41, 5.74) is 2.78. The largest absolute Gasteiger partial charge is 0.493 e. The maximum atomic E-state index is 12.4. The van der Waals surface area contributed by atoms with E-state index in [1.165, 1.54) is 17.3 Å². The molecular formula is C22H24N4O3S. The van der Waals surface area contributed by atoms with Crippen LogP contribution in [0.15, 0.2) is 60.3 Å². The van der Waals surface area contributed by atoms with Crippen LogP contribution in [0, 0.1) is 6.92 Å². The van der Waals surface area contributed by atoms with Gasteiger partial charge in [0.15, 0.2) is 22.5 Å². The zero-order valence-electron chi connectivity index (χ0n) is 17.2. The highest BCUT2D eigenvalue weighted by atomic mass is 32.2. The SMILES string of the molecule is C=CCn1c(SCC(=O)Nc2ccc(OC)c(OC)c2)nnc1-c1ccc(C)cc1. The predicted octanol–water partition coefficient (Wildman–Crippen LogP) is 4.19. The highest BCUT2D eigenvalue weighted by molar-refractivity contribution is 7.99. The second-order valence-electron chi connectivity index (χ2n) is 6.48. The third-order valence-electron chi connectivity index (χ3n) is 4.34. The molecule has 2 aromatic carbocycles. The lowest BCUT2D eigenvalue weighted by molar-refractivity contribution is -0.113. The second kappa shape index (κ2) is 9.98. The third kappa shape index (κ3) is 5.01. The van der Waals surface area contributed by atoms with E-state index in [2.05, 4.69) is 22.1 Å². The molecule has 0 bridgehead atoms. The number of carbonyl (C=O) groups excluding carboxylic acids is 1. The van der Waals surface area contributed by atoms with E-state index in [4.69, 9.17) is 9.47 Å². The number of benzene rings is 2. The highest BCUT2D eigenvalue weighted by Gasteiger charge is 2.15. The topological polar surface area (TPSA) is 78.3 Å². The predicted molar refractivity (Wildman–Crippen MR) is 119 cm³/mol. The number of nitrogens with zero attached hydrogens (tertiary/aromatic N) is 3. The molecule has 0 aliphatic carbocycles. The number of anilines is 1. The molecule has 1 N–H and O–H groups in total. The van der Waals surface area contributed by atoms with Gasteiger partial charge in [0.2, 0.25) is 5.91 Å². The van der Waals surface area contributed by atoms with E-state index in [-0.39, 0.29) is 11.7 Å². The first-order chi connectivity index (χ1) is 14.5. The highest BCUT2D eigenvalue weighted by Crippen LogP contribution is 2.30. The summed E-state index contributed by atoms with van der Waals surface area (Å²) >= 11 is 1.32. The molecule has 0 radical (unpaired) electrons. The summed E-state index contributed by atoms with van der Waals surface area (Å²) in [5, 5.41) is 12.1. The van der Waals surface area contributed by atoms with Gasteiger partial charge in [-0.05, 0) is 19.1 Å². The van der Waals surface area contributed by atoms with Crippen molar-refractivity contribution in [1.82, 2.24) is 14.8 Å². The lowest BCUT2D eigenvalue weighted by Gasteiger charge is -2.11. The number of amides is 1. The van der Waals surface area contributed by atoms with Crippen LogP contribution in [0.25, 0.3) is 11.4 Å². The molecule has 3 aromatic rings. The van der Waals surface area contributed by atoms with Crippen molar-refractivity contribution >= 4 is 23.4 Å². The van der Waals surface area contributed by atoms with Crippen LogP contribution in [0.3, 0.4) is 0 Å². The Morgan fingerprint density at radius 2 is 1.87 bits per heavy atom. The zero-order valence-corrected chi connectivity index (χ0v) is 18.0.